The molecule has 0 aliphatic rings. The highest BCUT2D eigenvalue weighted by Crippen LogP contribution is 2.26. The summed E-state index contributed by atoms with van der Waals surface area (Å²) in [6, 6.07) is 3.69. The summed E-state index contributed by atoms with van der Waals surface area (Å²) in [5.74, 6) is -1.40. The number of carboxylic acid groups (broad SMARTS) is 1. The standard InChI is InChI=1S/C9H6ClFN4O2/c10-7-3-5(11)1-2-6(7)9-12-13-14-15(9)4-8(16)17/h1-3H,4H2,(H,16,17). The minimum absolute atomic E-state index is 0.117. The molecule has 0 radical (unpaired) electrons. The molecule has 0 saturated heterocycles. The number of aromatic nitrogens is 4. The molecule has 0 fully saturated rings. The third-order valence-corrected chi connectivity index (χ3v) is 2.30. The lowest BCUT2D eigenvalue weighted by Crippen LogP contribution is -2.11. The molecule has 0 aliphatic heterocycles. The van der Waals surface area contributed by atoms with Crippen LogP contribution in [0.4, 0.5) is 4.39 Å². The van der Waals surface area contributed by atoms with Gasteiger partial charge in [0.25, 0.3) is 0 Å². The number of tetrazole rings is 1. The van der Waals surface area contributed by atoms with Gasteiger partial charge in [-0.2, -0.15) is 0 Å². The Balaban J connectivity index is 2.46. The van der Waals surface area contributed by atoms with Crippen molar-refractivity contribution in [3.05, 3.63) is 29.0 Å². The largest absolute Gasteiger partial charge is 0.480 e. The molecule has 0 saturated carbocycles. The molecule has 0 atom stereocenters. The van der Waals surface area contributed by atoms with E-state index in [9.17, 15) is 9.18 Å². The maximum atomic E-state index is 12.9. The van der Waals surface area contributed by atoms with Crippen molar-refractivity contribution in [3.63, 3.8) is 0 Å². The van der Waals surface area contributed by atoms with Crippen molar-refractivity contribution in [2.45, 2.75) is 6.54 Å². The van der Waals surface area contributed by atoms with Crippen LogP contribution in [0, 0.1) is 5.82 Å². The summed E-state index contributed by atoms with van der Waals surface area (Å²) in [5, 5.41) is 19.3. The summed E-state index contributed by atoms with van der Waals surface area (Å²) < 4.78 is 13.9. The number of hydrogen-bond acceptors (Lipinski definition) is 4. The van der Waals surface area contributed by atoms with Crippen molar-refractivity contribution in [1.82, 2.24) is 20.2 Å². The summed E-state index contributed by atoms with van der Waals surface area (Å²) in [6.45, 7) is -0.393. The van der Waals surface area contributed by atoms with Gasteiger partial charge < -0.3 is 5.11 Å². The Morgan fingerprint density at radius 3 is 2.94 bits per heavy atom. The Morgan fingerprint density at radius 1 is 1.53 bits per heavy atom. The molecule has 1 N–H and O–H groups in total. The van der Waals surface area contributed by atoms with Crippen LogP contribution in [0.3, 0.4) is 0 Å². The van der Waals surface area contributed by atoms with Gasteiger partial charge in [-0.1, -0.05) is 11.6 Å². The summed E-state index contributed by atoms with van der Waals surface area (Å²) in [4.78, 5) is 10.6. The van der Waals surface area contributed by atoms with Crippen molar-refractivity contribution in [2.75, 3.05) is 0 Å². The first kappa shape index (κ1) is 11.5. The average Bonchev–Trinajstić information content (AvgIpc) is 2.65. The predicted octanol–water partition coefficient (Wildman–Crippen LogP) is 1.22. The molecule has 1 heterocycles. The van der Waals surface area contributed by atoms with E-state index in [0.717, 1.165) is 10.7 Å². The Labute approximate surface area is 99.6 Å². The van der Waals surface area contributed by atoms with Gasteiger partial charge in [-0.05, 0) is 28.6 Å². The molecule has 0 amide bonds. The number of halogens is 2. The first-order chi connectivity index (χ1) is 8.08. The molecule has 0 spiro atoms. The van der Waals surface area contributed by atoms with Crippen LogP contribution < -0.4 is 0 Å². The average molecular weight is 257 g/mol. The number of nitrogens with zero attached hydrogens (tertiary/aromatic N) is 4. The minimum atomic E-state index is -1.09. The van der Waals surface area contributed by atoms with Crippen LogP contribution in [0.1, 0.15) is 0 Å². The van der Waals surface area contributed by atoms with Crippen molar-refractivity contribution < 1.29 is 14.3 Å². The van der Waals surface area contributed by atoms with Crippen LogP contribution in [-0.2, 0) is 11.3 Å². The maximum absolute atomic E-state index is 12.9. The summed E-state index contributed by atoms with van der Waals surface area (Å²) in [5.41, 5.74) is 0.374. The second-order valence-corrected chi connectivity index (χ2v) is 3.59. The number of aliphatic carboxylic acids is 1. The van der Waals surface area contributed by atoms with E-state index in [4.69, 9.17) is 16.7 Å². The Bertz CT molecular complexity index is 572. The molecule has 0 bridgehead atoms. The third kappa shape index (κ3) is 2.39. The zero-order chi connectivity index (χ0) is 12.4. The lowest BCUT2D eigenvalue weighted by Gasteiger charge is -2.03. The molecule has 1 aromatic heterocycles. The second-order valence-electron chi connectivity index (χ2n) is 3.18. The molecular weight excluding hydrogens is 251 g/mol. The summed E-state index contributed by atoms with van der Waals surface area (Å²) in [7, 11) is 0. The van der Waals surface area contributed by atoms with E-state index < -0.39 is 18.3 Å². The van der Waals surface area contributed by atoms with Crippen LogP contribution in [0.5, 0.6) is 0 Å². The third-order valence-electron chi connectivity index (χ3n) is 1.99. The van der Waals surface area contributed by atoms with Crippen LogP contribution in [-0.4, -0.2) is 31.3 Å². The van der Waals surface area contributed by atoms with Crippen LogP contribution in [0.15, 0.2) is 18.2 Å². The van der Waals surface area contributed by atoms with E-state index in [1.54, 1.807) is 0 Å². The van der Waals surface area contributed by atoms with E-state index >= 15 is 0 Å². The van der Waals surface area contributed by atoms with Crippen LogP contribution in [0.2, 0.25) is 5.02 Å². The molecule has 0 unspecified atom stereocenters. The molecule has 17 heavy (non-hydrogen) atoms. The lowest BCUT2D eigenvalue weighted by atomic mass is 10.2. The van der Waals surface area contributed by atoms with Gasteiger partial charge in [-0.15, -0.1) is 5.10 Å². The van der Waals surface area contributed by atoms with Crippen molar-refractivity contribution in [3.8, 4) is 11.4 Å². The van der Waals surface area contributed by atoms with Crippen molar-refractivity contribution >= 4 is 17.6 Å². The highest BCUT2D eigenvalue weighted by Gasteiger charge is 2.14. The number of carbonyl (C=O) groups is 1. The zero-order valence-electron chi connectivity index (χ0n) is 8.34. The van der Waals surface area contributed by atoms with Gasteiger partial charge in [0.1, 0.15) is 12.4 Å². The van der Waals surface area contributed by atoms with Gasteiger partial charge in [0.05, 0.1) is 5.02 Å². The highest BCUT2D eigenvalue weighted by molar-refractivity contribution is 6.33. The summed E-state index contributed by atoms with van der Waals surface area (Å²) >= 11 is 5.83. The van der Waals surface area contributed by atoms with E-state index in [-0.39, 0.29) is 10.8 Å². The number of hydrogen-bond donors (Lipinski definition) is 1. The molecule has 6 nitrogen and oxygen atoms in total. The monoisotopic (exact) mass is 256 g/mol. The SMILES string of the molecule is O=C(O)Cn1nnnc1-c1ccc(F)cc1Cl. The Morgan fingerprint density at radius 2 is 2.29 bits per heavy atom. The van der Waals surface area contributed by atoms with E-state index in [2.05, 4.69) is 15.5 Å². The highest BCUT2D eigenvalue weighted by atomic mass is 35.5. The fourth-order valence-corrected chi connectivity index (χ4v) is 1.55. The number of benzene rings is 1. The van der Waals surface area contributed by atoms with E-state index in [1.807, 2.05) is 0 Å². The zero-order valence-corrected chi connectivity index (χ0v) is 9.10. The van der Waals surface area contributed by atoms with Crippen molar-refractivity contribution in [2.24, 2.45) is 0 Å². The van der Waals surface area contributed by atoms with E-state index in [0.29, 0.717) is 5.56 Å². The fraction of sp³-hybridized carbons (Fsp3) is 0.111. The van der Waals surface area contributed by atoms with Gasteiger partial charge in [-0.3, -0.25) is 4.79 Å². The molecule has 2 rings (SSSR count). The first-order valence-corrected chi connectivity index (χ1v) is 4.89. The molecule has 2 aromatic rings. The van der Waals surface area contributed by atoms with Gasteiger partial charge in [0, 0.05) is 5.56 Å². The quantitative estimate of drug-likeness (QED) is 0.893. The molecule has 8 heteroatoms. The molecule has 1 aromatic carbocycles. The molecule has 0 aliphatic carbocycles. The van der Waals surface area contributed by atoms with Crippen LogP contribution in [0.25, 0.3) is 11.4 Å². The molecular formula is C9H6ClFN4O2. The smallest absolute Gasteiger partial charge is 0.325 e. The van der Waals surface area contributed by atoms with Gasteiger partial charge in [0.2, 0.25) is 0 Å². The van der Waals surface area contributed by atoms with Gasteiger partial charge in [-0.25, -0.2) is 9.07 Å². The second kappa shape index (κ2) is 4.46. The maximum Gasteiger partial charge on any atom is 0.325 e. The van der Waals surface area contributed by atoms with Crippen LogP contribution >= 0.6 is 11.6 Å². The van der Waals surface area contributed by atoms with E-state index in [1.165, 1.54) is 12.1 Å². The van der Waals surface area contributed by atoms with Crippen molar-refractivity contribution in [1.29, 1.82) is 0 Å². The van der Waals surface area contributed by atoms with Gasteiger partial charge >= 0.3 is 5.97 Å². The summed E-state index contributed by atoms with van der Waals surface area (Å²) in [6.07, 6.45) is 0. The lowest BCUT2D eigenvalue weighted by molar-refractivity contribution is -0.137. The predicted molar refractivity (Wildman–Crippen MR) is 55.9 cm³/mol. The topological polar surface area (TPSA) is 80.9 Å². The first-order valence-electron chi connectivity index (χ1n) is 4.51. The normalized spacial score (nSPS) is 10.5. The molecule has 88 valence electrons. The fourth-order valence-electron chi connectivity index (χ4n) is 1.30. The minimum Gasteiger partial charge on any atom is -0.480 e. The van der Waals surface area contributed by atoms with Gasteiger partial charge in [0.15, 0.2) is 5.82 Å². The number of rotatable bonds is 3. The number of carboxylic acids is 1. The Hall–Kier alpha value is -2.02. The Kier molecular flexibility index (Phi) is 3.01.